The third-order valence-electron chi connectivity index (χ3n) is 4.72. The van der Waals surface area contributed by atoms with Crippen LogP contribution < -0.4 is 10.6 Å². The summed E-state index contributed by atoms with van der Waals surface area (Å²) in [5, 5.41) is 6.78. The Balaban J connectivity index is 2.58. The molecule has 1 aliphatic heterocycles. The average molecular weight is 297 g/mol. The van der Waals surface area contributed by atoms with E-state index in [9.17, 15) is 4.79 Å². The van der Waals surface area contributed by atoms with Gasteiger partial charge < -0.3 is 10.6 Å². The summed E-state index contributed by atoms with van der Waals surface area (Å²) in [5.74, 6) is 0.174. The molecule has 0 aromatic carbocycles. The van der Waals surface area contributed by atoms with E-state index in [1.165, 1.54) is 19.3 Å². The summed E-state index contributed by atoms with van der Waals surface area (Å²) in [6, 6.07) is 1.16. The zero-order valence-electron chi connectivity index (χ0n) is 14.6. The number of carbonyl (C=O) groups is 1. The summed E-state index contributed by atoms with van der Waals surface area (Å²) >= 11 is 0. The van der Waals surface area contributed by atoms with E-state index in [0.717, 1.165) is 25.9 Å². The normalized spacial score (nSPS) is 21.0. The molecular weight excluding hydrogens is 262 g/mol. The molecule has 0 saturated carbocycles. The Bertz CT molecular complexity index is 296. The topological polar surface area (TPSA) is 44.4 Å². The predicted octanol–water partition coefficient (Wildman–Crippen LogP) is 2.53. The second kappa shape index (κ2) is 9.42. The van der Waals surface area contributed by atoms with Crippen molar-refractivity contribution in [1.82, 2.24) is 15.5 Å². The Morgan fingerprint density at radius 3 is 2.38 bits per heavy atom. The molecule has 1 rings (SSSR count). The summed E-state index contributed by atoms with van der Waals surface area (Å²) in [4.78, 5) is 14.8. The zero-order chi connectivity index (χ0) is 15.8. The van der Waals surface area contributed by atoms with E-state index >= 15 is 0 Å². The quantitative estimate of drug-likeness (QED) is 0.723. The van der Waals surface area contributed by atoms with Gasteiger partial charge in [-0.3, -0.25) is 9.69 Å². The maximum absolute atomic E-state index is 12.5. The van der Waals surface area contributed by atoms with Crippen LogP contribution >= 0.6 is 0 Å². The first-order valence-electron chi connectivity index (χ1n) is 8.79. The van der Waals surface area contributed by atoms with Gasteiger partial charge in [0, 0.05) is 24.7 Å². The standard InChI is InChI=1S/C17H35N3O/c1-6-15(7-2)19-17(21)14(5)20(13(3)4)12-16-10-8-9-11-18-16/h13-16,18H,6-12H2,1-5H3,(H,19,21). The van der Waals surface area contributed by atoms with Crippen molar-refractivity contribution in [2.45, 2.75) is 90.9 Å². The van der Waals surface area contributed by atoms with Gasteiger partial charge in [0.1, 0.15) is 0 Å². The highest BCUT2D eigenvalue weighted by Gasteiger charge is 2.27. The number of piperidine rings is 1. The van der Waals surface area contributed by atoms with Crippen LogP contribution in [0.2, 0.25) is 0 Å². The summed E-state index contributed by atoms with van der Waals surface area (Å²) in [7, 11) is 0. The fourth-order valence-corrected chi connectivity index (χ4v) is 3.12. The number of nitrogens with zero attached hydrogens (tertiary/aromatic N) is 1. The van der Waals surface area contributed by atoms with Crippen LogP contribution in [0.25, 0.3) is 0 Å². The molecule has 1 fully saturated rings. The summed E-state index contributed by atoms with van der Waals surface area (Å²) in [5.41, 5.74) is 0. The van der Waals surface area contributed by atoms with Crippen LogP contribution in [0, 0.1) is 0 Å². The first-order valence-corrected chi connectivity index (χ1v) is 8.79. The van der Waals surface area contributed by atoms with Crippen LogP contribution in [0.3, 0.4) is 0 Å². The number of nitrogens with one attached hydrogen (secondary N) is 2. The SMILES string of the molecule is CCC(CC)NC(=O)C(C)N(CC1CCCCN1)C(C)C. The molecule has 4 nitrogen and oxygen atoms in total. The van der Waals surface area contributed by atoms with Crippen molar-refractivity contribution in [1.29, 1.82) is 0 Å². The number of carbonyl (C=O) groups excluding carboxylic acids is 1. The molecular formula is C17H35N3O. The number of amides is 1. The van der Waals surface area contributed by atoms with Crippen LogP contribution in [0.5, 0.6) is 0 Å². The Hall–Kier alpha value is -0.610. The minimum absolute atomic E-state index is 0.0608. The predicted molar refractivity (Wildman–Crippen MR) is 89.5 cm³/mol. The second-order valence-corrected chi connectivity index (χ2v) is 6.64. The number of hydrogen-bond acceptors (Lipinski definition) is 3. The van der Waals surface area contributed by atoms with Crippen molar-refractivity contribution >= 4 is 5.91 Å². The fraction of sp³-hybridized carbons (Fsp3) is 0.941. The highest BCUT2D eigenvalue weighted by atomic mass is 16.2. The molecule has 1 heterocycles. The summed E-state index contributed by atoms with van der Waals surface area (Å²) in [6.07, 6.45) is 5.81. The van der Waals surface area contributed by atoms with Crippen LogP contribution in [-0.2, 0) is 4.79 Å². The Kier molecular flexibility index (Phi) is 8.27. The molecule has 2 unspecified atom stereocenters. The summed E-state index contributed by atoms with van der Waals surface area (Å²) < 4.78 is 0. The van der Waals surface area contributed by atoms with Crippen LogP contribution in [0.4, 0.5) is 0 Å². The molecule has 0 aliphatic carbocycles. The molecule has 2 atom stereocenters. The van der Waals surface area contributed by atoms with Crippen molar-refractivity contribution in [3.05, 3.63) is 0 Å². The smallest absolute Gasteiger partial charge is 0.237 e. The van der Waals surface area contributed by atoms with Gasteiger partial charge in [-0.25, -0.2) is 0 Å². The Morgan fingerprint density at radius 1 is 1.24 bits per heavy atom. The van der Waals surface area contributed by atoms with Crippen LogP contribution in [0.15, 0.2) is 0 Å². The summed E-state index contributed by atoms with van der Waals surface area (Å²) in [6.45, 7) is 12.8. The molecule has 21 heavy (non-hydrogen) atoms. The van der Waals surface area contributed by atoms with Crippen molar-refractivity contribution in [3.63, 3.8) is 0 Å². The highest BCUT2D eigenvalue weighted by Crippen LogP contribution is 2.13. The van der Waals surface area contributed by atoms with E-state index in [1.807, 2.05) is 6.92 Å². The molecule has 0 bridgehead atoms. The van der Waals surface area contributed by atoms with E-state index in [4.69, 9.17) is 0 Å². The lowest BCUT2D eigenvalue weighted by molar-refractivity contribution is -0.127. The van der Waals surface area contributed by atoms with Gasteiger partial charge in [0.2, 0.25) is 5.91 Å². The van der Waals surface area contributed by atoms with Crippen molar-refractivity contribution in [3.8, 4) is 0 Å². The van der Waals surface area contributed by atoms with Gasteiger partial charge >= 0.3 is 0 Å². The van der Waals surface area contributed by atoms with Gasteiger partial charge in [-0.05, 0) is 53.0 Å². The van der Waals surface area contributed by atoms with E-state index < -0.39 is 0 Å². The van der Waals surface area contributed by atoms with Gasteiger partial charge in [-0.15, -0.1) is 0 Å². The first kappa shape index (κ1) is 18.4. The van der Waals surface area contributed by atoms with Crippen molar-refractivity contribution < 1.29 is 4.79 Å². The minimum Gasteiger partial charge on any atom is -0.352 e. The molecule has 0 radical (unpaired) electrons. The van der Waals surface area contributed by atoms with Crippen molar-refractivity contribution in [2.75, 3.05) is 13.1 Å². The number of hydrogen-bond donors (Lipinski definition) is 2. The maximum Gasteiger partial charge on any atom is 0.237 e. The lowest BCUT2D eigenvalue weighted by Crippen LogP contribution is -2.54. The van der Waals surface area contributed by atoms with Gasteiger partial charge in [0.05, 0.1) is 6.04 Å². The Morgan fingerprint density at radius 2 is 1.90 bits per heavy atom. The third-order valence-corrected chi connectivity index (χ3v) is 4.72. The van der Waals surface area contributed by atoms with E-state index in [2.05, 4.69) is 43.2 Å². The molecule has 1 saturated heterocycles. The average Bonchev–Trinajstić information content (AvgIpc) is 2.50. The minimum atomic E-state index is -0.0608. The lowest BCUT2D eigenvalue weighted by atomic mass is 10.0. The second-order valence-electron chi connectivity index (χ2n) is 6.64. The molecule has 0 aromatic rings. The molecule has 2 N–H and O–H groups in total. The molecule has 1 aliphatic rings. The Labute approximate surface area is 131 Å². The van der Waals surface area contributed by atoms with Gasteiger partial charge in [0.25, 0.3) is 0 Å². The number of rotatable bonds is 8. The monoisotopic (exact) mass is 297 g/mol. The first-order chi connectivity index (χ1) is 9.99. The highest BCUT2D eigenvalue weighted by molar-refractivity contribution is 5.81. The fourth-order valence-electron chi connectivity index (χ4n) is 3.12. The largest absolute Gasteiger partial charge is 0.352 e. The van der Waals surface area contributed by atoms with E-state index in [-0.39, 0.29) is 11.9 Å². The lowest BCUT2D eigenvalue weighted by Gasteiger charge is -2.37. The van der Waals surface area contributed by atoms with Crippen LogP contribution in [-0.4, -0.2) is 48.1 Å². The third kappa shape index (κ3) is 5.95. The maximum atomic E-state index is 12.5. The van der Waals surface area contributed by atoms with Crippen molar-refractivity contribution in [2.24, 2.45) is 0 Å². The van der Waals surface area contributed by atoms with Crippen LogP contribution in [0.1, 0.15) is 66.7 Å². The van der Waals surface area contributed by atoms with Gasteiger partial charge in [-0.1, -0.05) is 20.3 Å². The zero-order valence-corrected chi connectivity index (χ0v) is 14.6. The van der Waals surface area contributed by atoms with E-state index in [0.29, 0.717) is 18.1 Å². The molecule has 1 amide bonds. The molecule has 4 heteroatoms. The van der Waals surface area contributed by atoms with Gasteiger partial charge in [-0.2, -0.15) is 0 Å². The van der Waals surface area contributed by atoms with Gasteiger partial charge in [0.15, 0.2) is 0 Å². The molecule has 0 spiro atoms. The molecule has 0 aromatic heterocycles. The van der Waals surface area contributed by atoms with E-state index in [1.54, 1.807) is 0 Å². The molecule has 124 valence electrons.